The maximum absolute atomic E-state index is 13.0. The summed E-state index contributed by atoms with van der Waals surface area (Å²) in [5.41, 5.74) is 1.05. The van der Waals surface area contributed by atoms with Crippen molar-refractivity contribution >= 4 is 22.9 Å². The topological polar surface area (TPSA) is 0 Å². The molecule has 0 N–H and O–H groups in total. The molecule has 1 saturated carbocycles. The predicted octanol–water partition coefficient (Wildman–Crippen LogP) is 5.27. The van der Waals surface area contributed by atoms with E-state index in [0.717, 1.165) is 12.0 Å². The summed E-state index contributed by atoms with van der Waals surface area (Å²) in [5.74, 6) is -1.65. The van der Waals surface area contributed by atoms with Crippen molar-refractivity contribution in [2.45, 2.75) is 43.7 Å². The zero-order valence-corrected chi connectivity index (χ0v) is 11.5. The molecule has 2 rings (SSSR count). The second-order valence-electron chi connectivity index (χ2n) is 4.95. The fourth-order valence-corrected chi connectivity index (χ4v) is 3.95. The number of hydrogen-bond acceptors (Lipinski definition) is 1. The lowest BCUT2D eigenvalue weighted by molar-refractivity contribution is -0.196. The van der Waals surface area contributed by atoms with Crippen molar-refractivity contribution in [1.29, 1.82) is 0 Å². The molecule has 3 atom stereocenters. The van der Waals surface area contributed by atoms with Crippen molar-refractivity contribution in [3.63, 3.8) is 0 Å². The molecule has 1 heterocycles. The van der Waals surface area contributed by atoms with Crippen molar-refractivity contribution < 1.29 is 13.2 Å². The molecule has 0 saturated heterocycles. The number of alkyl halides is 4. The summed E-state index contributed by atoms with van der Waals surface area (Å²) in [5, 5.41) is 3.48. The van der Waals surface area contributed by atoms with Crippen molar-refractivity contribution in [2.24, 2.45) is 11.8 Å². The molecule has 3 unspecified atom stereocenters. The molecule has 0 aliphatic heterocycles. The molecular weight excluding hydrogens is 281 g/mol. The Morgan fingerprint density at radius 3 is 2.67 bits per heavy atom. The van der Waals surface area contributed by atoms with Crippen molar-refractivity contribution in [1.82, 2.24) is 0 Å². The zero-order valence-electron chi connectivity index (χ0n) is 9.92. The van der Waals surface area contributed by atoms with Crippen LogP contribution in [0.5, 0.6) is 0 Å². The molecule has 0 spiro atoms. The molecular formula is C13H16ClF3S. The van der Waals surface area contributed by atoms with Gasteiger partial charge in [-0.3, -0.25) is 0 Å². The molecule has 1 aromatic rings. The van der Waals surface area contributed by atoms with E-state index in [1.54, 1.807) is 11.3 Å². The molecule has 0 radical (unpaired) electrons. The summed E-state index contributed by atoms with van der Waals surface area (Å²) in [4.78, 5) is 0. The van der Waals surface area contributed by atoms with Gasteiger partial charge in [-0.2, -0.15) is 24.5 Å². The van der Waals surface area contributed by atoms with Crippen molar-refractivity contribution in [2.75, 3.05) is 0 Å². The standard InChI is InChI=1S/C13H16ClF3S/c14-12(7-9-5-6-18-8-9)10-3-1-2-4-11(10)13(15,16)17/h5-6,8,10-12H,1-4,7H2. The van der Waals surface area contributed by atoms with Crippen LogP contribution in [0, 0.1) is 11.8 Å². The van der Waals surface area contributed by atoms with Crippen LogP contribution in [-0.4, -0.2) is 11.6 Å². The molecule has 5 heteroatoms. The molecule has 1 aliphatic rings. The Kier molecular flexibility index (Phi) is 4.59. The quantitative estimate of drug-likeness (QED) is 0.667. The lowest BCUT2D eigenvalue weighted by atomic mass is 9.76. The Bertz CT molecular complexity index is 361. The molecule has 0 amide bonds. The van der Waals surface area contributed by atoms with Gasteiger partial charge in [-0.05, 0) is 47.6 Å². The minimum Gasteiger partial charge on any atom is -0.171 e. The Balaban J connectivity index is 2.04. The number of rotatable bonds is 3. The molecule has 1 aliphatic carbocycles. The van der Waals surface area contributed by atoms with E-state index in [4.69, 9.17) is 11.6 Å². The summed E-state index contributed by atoms with van der Waals surface area (Å²) in [6, 6.07) is 1.94. The first-order valence-corrected chi connectivity index (χ1v) is 7.58. The largest absolute Gasteiger partial charge is 0.392 e. The summed E-state index contributed by atoms with van der Waals surface area (Å²) >= 11 is 7.81. The number of thiophene rings is 1. The van der Waals surface area contributed by atoms with E-state index in [1.165, 1.54) is 0 Å². The highest BCUT2D eigenvalue weighted by Gasteiger charge is 2.47. The minimum absolute atomic E-state index is 0.237. The molecule has 0 bridgehead atoms. The lowest BCUT2D eigenvalue weighted by Gasteiger charge is -2.35. The summed E-state index contributed by atoms with van der Waals surface area (Å²) in [6.45, 7) is 0. The minimum atomic E-state index is -4.10. The molecule has 0 nitrogen and oxygen atoms in total. The second-order valence-corrected chi connectivity index (χ2v) is 6.29. The molecule has 102 valence electrons. The van der Waals surface area contributed by atoms with Crippen molar-refractivity contribution in [3.05, 3.63) is 22.4 Å². The van der Waals surface area contributed by atoms with E-state index < -0.39 is 23.4 Å². The maximum Gasteiger partial charge on any atom is 0.392 e. The van der Waals surface area contributed by atoms with Crippen LogP contribution in [0.15, 0.2) is 16.8 Å². The first-order chi connectivity index (χ1) is 8.48. The van der Waals surface area contributed by atoms with Gasteiger partial charge in [0.05, 0.1) is 5.92 Å². The first kappa shape index (κ1) is 14.2. The molecule has 1 fully saturated rings. The van der Waals surface area contributed by atoms with E-state index in [2.05, 4.69) is 0 Å². The highest BCUT2D eigenvalue weighted by atomic mass is 35.5. The van der Waals surface area contributed by atoms with Gasteiger partial charge in [0, 0.05) is 5.38 Å². The average Bonchev–Trinajstić information content (AvgIpc) is 2.80. The van der Waals surface area contributed by atoms with E-state index in [-0.39, 0.29) is 6.42 Å². The maximum atomic E-state index is 13.0. The van der Waals surface area contributed by atoms with Crippen LogP contribution in [-0.2, 0) is 6.42 Å². The Morgan fingerprint density at radius 1 is 1.33 bits per heavy atom. The highest BCUT2D eigenvalue weighted by molar-refractivity contribution is 7.07. The van der Waals surface area contributed by atoms with Gasteiger partial charge in [0.15, 0.2) is 0 Å². The van der Waals surface area contributed by atoms with Crippen LogP contribution in [0.25, 0.3) is 0 Å². The fourth-order valence-electron chi connectivity index (χ4n) is 2.78. The summed E-state index contributed by atoms with van der Waals surface area (Å²) < 4.78 is 38.9. The third-order valence-corrected chi connectivity index (χ3v) is 4.93. The van der Waals surface area contributed by atoms with Gasteiger partial charge in [-0.15, -0.1) is 11.6 Å². The van der Waals surface area contributed by atoms with Gasteiger partial charge in [-0.25, -0.2) is 0 Å². The normalized spacial score (nSPS) is 27.1. The third kappa shape index (κ3) is 3.41. The number of hydrogen-bond donors (Lipinski definition) is 0. The van der Waals surface area contributed by atoms with Gasteiger partial charge < -0.3 is 0 Å². The second kappa shape index (κ2) is 5.83. The highest BCUT2D eigenvalue weighted by Crippen LogP contribution is 2.44. The van der Waals surface area contributed by atoms with E-state index in [1.807, 2.05) is 16.8 Å². The van der Waals surface area contributed by atoms with Gasteiger partial charge in [0.25, 0.3) is 0 Å². The van der Waals surface area contributed by atoms with Gasteiger partial charge in [0.1, 0.15) is 0 Å². The van der Waals surface area contributed by atoms with Crippen LogP contribution < -0.4 is 0 Å². The smallest absolute Gasteiger partial charge is 0.171 e. The van der Waals surface area contributed by atoms with Crippen LogP contribution in [0.2, 0.25) is 0 Å². The Hall–Kier alpha value is -0.220. The van der Waals surface area contributed by atoms with Crippen LogP contribution in [0.3, 0.4) is 0 Å². The summed E-state index contributed by atoms with van der Waals surface area (Å²) in [6.07, 6.45) is -1.19. The first-order valence-electron chi connectivity index (χ1n) is 6.20. The SMILES string of the molecule is FC(F)(F)C1CCCCC1C(Cl)Cc1ccsc1. The zero-order chi connectivity index (χ0) is 13.2. The monoisotopic (exact) mass is 296 g/mol. The average molecular weight is 297 g/mol. The third-order valence-electron chi connectivity index (χ3n) is 3.72. The van der Waals surface area contributed by atoms with Gasteiger partial charge in [-0.1, -0.05) is 12.8 Å². The van der Waals surface area contributed by atoms with Crippen molar-refractivity contribution in [3.8, 4) is 0 Å². The number of halogens is 4. The molecule has 1 aromatic heterocycles. The van der Waals surface area contributed by atoms with Gasteiger partial charge in [0.2, 0.25) is 0 Å². The fraction of sp³-hybridized carbons (Fsp3) is 0.692. The Morgan fingerprint density at radius 2 is 2.06 bits per heavy atom. The van der Waals surface area contributed by atoms with Crippen LogP contribution in [0.1, 0.15) is 31.2 Å². The van der Waals surface area contributed by atoms with E-state index in [0.29, 0.717) is 19.3 Å². The van der Waals surface area contributed by atoms with E-state index >= 15 is 0 Å². The summed E-state index contributed by atoms with van der Waals surface area (Å²) in [7, 11) is 0. The van der Waals surface area contributed by atoms with Crippen LogP contribution >= 0.6 is 22.9 Å². The van der Waals surface area contributed by atoms with Crippen LogP contribution in [0.4, 0.5) is 13.2 Å². The predicted molar refractivity (Wildman–Crippen MR) is 69.2 cm³/mol. The molecule has 0 aromatic carbocycles. The lowest BCUT2D eigenvalue weighted by Crippen LogP contribution is -2.38. The molecule has 18 heavy (non-hydrogen) atoms. The Labute approximate surface area is 114 Å². The van der Waals surface area contributed by atoms with Gasteiger partial charge >= 0.3 is 6.18 Å². The van der Waals surface area contributed by atoms with E-state index in [9.17, 15) is 13.2 Å².